The smallest absolute Gasteiger partial charge is 0.248 e. The quantitative estimate of drug-likeness (QED) is 0.541. The van der Waals surface area contributed by atoms with Crippen LogP contribution < -0.4 is 14.8 Å². The SMILES string of the molecule is COc1cccc2c1OCCC21CNCC1C(=O)N1CCC(c2ccccc2F)CC1C1CCC(F)(F)CC1. The number of carbonyl (C=O) groups excluding carboxylic acids is 1. The zero-order valence-electron chi connectivity index (χ0n) is 22.4. The number of rotatable bonds is 4. The van der Waals surface area contributed by atoms with E-state index in [4.69, 9.17) is 9.47 Å². The third kappa shape index (κ3) is 4.68. The van der Waals surface area contributed by atoms with Crippen molar-refractivity contribution in [2.24, 2.45) is 11.8 Å². The number of nitrogens with one attached hydrogen (secondary N) is 1. The monoisotopic (exact) mass is 542 g/mol. The fourth-order valence-electron chi connectivity index (χ4n) is 7.77. The largest absolute Gasteiger partial charge is 0.493 e. The third-order valence-corrected chi connectivity index (χ3v) is 9.86. The van der Waals surface area contributed by atoms with Gasteiger partial charge in [0.05, 0.1) is 19.6 Å². The van der Waals surface area contributed by atoms with Gasteiger partial charge >= 0.3 is 0 Å². The summed E-state index contributed by atoms with van der Waals surface area (Å²) < 4.78 is 54.6. The van der Waals surface area contributed by atoms with E-state index >= 15 is 0 Å². The number of piperidine rings is 1. The van der Waals surface area contributed by atoms with Gasteiger partial charge in [0.25, 0.3) is 0 Å². The van der Waals surface area contributed by atoms with E-state index in [0.717, 1.165) is 5.56 Å². The summed E-state index contributed by atoms with van der Waals surface area (Å²) in [6.07, 6.45) is 2.43. The lowest BCUT2D eigenvalue weighted by atomic mass is 9.67. The summed E-state index contributed by atoms with van der Waals surface area (Å²) >= 11 is 0. The number of para-hydroxylation sites is 1. The number of hydrogen-bond acceptors (Lipinski definition) is 4. The van der Waals surface area contributed by atoms with Crippen LogP contribution in [0.25, 0.3) is 0 Å². The van der Waals surface area contributed by atoms with Crippen LogP contribution in [0.5, 0.6) is 11.5 Å². The van der Waals surface area contributed by atoms with E-state index < -0.39 is 11.3 Å². The number of likely N-dealkylation sites (tertiary alicyclic amines) is 1. The highest BCUT2D eigenvalue weighted by Crippen LogP contribution is 2.51. The Bertz CT molecular complexity index is 1210. The molecule has 1 saturated carbocycles. The van der Waals surface area contributed by atoms with Crippen molar-refractivity contribution in [2.75, 3.05) is 33.4 Å². The molecule has 2 aromatic rings. The molecule has 3 heterocycles. The van der Waals surface area contributed by atoms with Gasteiger partial charge in [-0.3, -0.25) is 4.79 Å². The van der Waals surface area contributed by atoms with Crippen molar-refractivity contribution in [3.05, 3.63) is 59.4 Å². The molecule has 4 aliphatic rings. The van der Waals surface area contributed by atoms with Crippen LogP contribution in [-0.4, -0.2) is 56.1 Å². The molecule has 1 spiro atoms. The van der Waals surface area contributed by atoms with Crippen molar-refractivity contribution < 1.29 is 27.4 Å². The number of alkyl halides is 2. The second kappa shape index (κ2) is 10.3. The first-order valence-corrected chi connectivity index (χ1v) is 14.3. The van der Waals surface area contributed by atoms with Crippen molar-refractivity contribution in [1.29, 1.82) is 0 Å². The summed E-state index contributed by atoms with van der Waals surface area (Å²) in [5.74, 6) is -1.79. The number of amides is 1. The lowest BCUT2D eigenvalue weighted by molar-refractivity contribution is -0.144. The Balaban J connectivity index is 1.32. The molecule has 3 fully saturated rings. The number of halogens is 3. The summed E-state index contributed by atoms with van der Waals surface area (Å²) in [7, 11) is 1.62. The first-order chi connectivity index (χ1) is 18.8. The Morgan fingerprint density at radius 2 is 1.87 bits per heavy atom. The predicted molar refractivity (Wildman–Crippen MR) is 142 cm³/mol. The second-order valence-electron chi connectivity index (χ2n) is 11.8. The van der Waals surface area contributed by atoms with Crippen LogP contribution in [0.15, 0.2) is 42.5 Å². The van der Waals surface area contributed by atoms with E-state index in [1.807, 2.05) is 35.2 Å². The van der Waals surface area contributed by atoms with Gasteiger partial charge in [-0.05, 0) is 61.6 Å². The number of hydrogen-bond donors (Lipinski definition) is 1. The van der Waals surface area contributed by atoms with Crippen LogP contribution in [0, 0.1) is 17.7 Å². The summed E-state index contributed by atoms with van der Waals surface area (Å²) in [5, 5.41) is 3.49. The average Bonchev–Trinajstić information content (AvgIpc) is 3.36. The maximum Gasteiger partial charge on any atom is 0.248 e. The third-order valence-electron chi connectivity index (χ3n) is 9.86. The zero-order chi connectivity index (χ0) is 27.2. The van der Waals surface area contributed by atoms with Crippen molar-refractivity contribution in [3.63, 3.8) is 0 Å². The fourth-order valence-corrected chi connectivity index (χ4v) is 7.77. The Labute approximate surface area is 228 Å². The number of carbonyl (C=O) groups is 1. The van der Waals surface area contributed by atoms with E-state index in [9.17, 15) is 18.0 Å². The van der Waals surface area contributed by atoms with E-state index in [2.05, 4.69) is 5.32 Å². The fraction of sp³-hybridized carbons (Fsp3) is 0.581. The average molecular weight is 543 g/mol. The minimum absolute atomic E-state index is 0.0180. The lowest BCUT2D eigenvalue weighted by Gasteiger charge is -2.48. The van der Waals surface area contributed by atoms with Crippen molar-refractivity contribution in [3.8, 4) is 11.5 Å². The first kappa shape index (κ1) is 26.5. The summed E-state index contributed by atoms with van der Waals surface area (Å²) in [6, 6.07) is 12.5. The number of nitrogens with zero attached hydrogens (tertiary/aromatic N) is 1. The van der Waals surface area contributed by atoms with Crippen molar-refractivity contribution in [1.82, 2.24) is 10.2 Å². The van der Waals surface area contributed by atoms with E-state index in [1.165, 1.54) is 6.07 Å². The normalized spacial score (nSPS) is 30.6. The Hall–Kier alpha value is -2.74. The number of ether oxygens (including phenoxy) is 2. The zero-order valence-corrected chi connectivity index (χ0v) is 22.4. The molecule has 2 saturated heterocycles. The van der Waals surface area contributed by atoms with Crippen LogP contribution in [-0.2, 0) is 10.2 Å². The summed E-state index contributed by atoms with van der Waals surface area (Å²) in [5.41, 5.74) is 1.23. The maximum absolute atomic E-state index is 14.8. The first-order valence-electron chi connectivity index (χ1n) is 14.3. The van der Waals surface area contributed by atoms with E-state index in [1.54, 1.807) is 13.2 Å². The molecule has 0 radical (unpaired) electrons. The standard InChI is InChI=1S/C31H37F3N2O3/c1-38-27-8-4-6-23-28(27)39-16-14-30(23)19-35-18-24(30)29(37)36-15-11-21(22-5-2-3-7-25(22)32)17-26(36)20-9-12-31(33,34)13-10-20/h2-8,20-21,24,26,35H,9-19H2,1H3. The van der Waals surface area contributed by atoms with Gasteiger partial charge in [-0.25, -0.2) is 13.2 Å². The molecule has 8 heteroatoms. The highest BCUT2D eigenvalue weighted by Gasteiger charge is 2.54. The van der Waals surface area contributed by atoms with Gasteiger partial charge in [-0.2, -0.15) is 0 Å². The van der Waals surface area contributed by atoms with Gasteiger partial charge < -0.3 is 19.7 Å². The molecule has 1 N–H and O–H groups in total. The molecule has 4 unspecified atom stereocenters. The van der Waals surface area contributed by atoms with Gasteiger partial charge in [0.2, 0.25) is 11.8 Å². The molecule has 3 aliphatic heterocycles. The Morgan fingerprint density at radius 1 is 1.08 bits per heavy atom. The molecule has 6 rings (SSSR count). The minimum Gasteiger partial charge on any atom is -0.493 e. The number of methoxy groups -OCH3 is 1. The molecule has 0 bridgehead atoms. The predicted octanol–water partition coefficient (Wildman–Crippen LogP) is 5.67. The second-order valence-corrected chi connectivity index (χ2v) is 11.8. The molecule has 4 atom stereocenters. The number of fused-ring (bicyclic) bond motifs is 2. The number of benzene rings is 2. The Morgan fingerprint density at radius 3 is 2.64 bits per heavy atom. The van der Waals surface area contributed by atoms with Gasteiger partial charge in [0, 0.05) is 49.5 Å². The Kier molecular flexibility index (Phi) is 7.02. The van der Waals surface area contributed by atoms with Crippen LogP contribution in [0.2, 0.25) is 0 Å². The molecule has 0 aromatic heterocycles. The summed E-state index contributed by atoms with van der Waals surface area (Å²) in [6.45, 7) is 2.22. The maximum atomic E-state index is 14.8. The molecule has 210 valence electrons. The minimum atomic E-state index is -2.64. The van der Waals surface area contributed by atoms with Gasteiger partial charge in [-0.15, -0.1) is 0 Å². The van der Waals surface area contributed by atoms with Crippen LogP contribution in [0.4, 0.5) is 13.2 Å². The van der Waals surface area contributed by atoms with Gasteiger partial charge in [0.15, 0.2) is 11.5 Å². The molecular formula is C31H37F3N2O3. The molecule has 5 nitrogen and oxygen atoms in total. The molecular weight excluding hydrogens is 505 g/mol. The van der Waals surface area contributed by atoms with E-state index in [0.29, 0.717) is 75.4 Å². The highest BCUT2D eigenvalue weighted by atomic mass is 19.3. The molecule has 1 aliphatic carbocycles. The van der Waals surface area contributed by atoms with Crippen LogP contribution in [0.1, 0.15) is 62.0 Å². The van der Waals surface area contributed by atoms with Gasteiger partial charge in [-0.1, -0.05) is 30.3 Å². The van der Waals surface area contributed by atoms with Crippen LogP contribution >= 0.6 is 0 Å². The highest BCUT2D eigenvalue weighted by molar-refractivity contribution is 5.82. The van der Waals surface area contributed by atoms with E-state index in [-0.39, 0.29) is 48.4 Å². The van der Waals surface area contributed by atoms with Crippen molar-refractivity contribution in [2.45, 2.75) is 68.2 Å². The van der Waals surface area contributed by atoms with Gasteiger partial charge in [0.1, 0.15) is 5.82 Å². The summed E-state index contributed by atoms with van der Waals surface area (Å²) in [4.78, 5) is 16.5. The van der Waals surface area contributed by atoms with Crippen molar-refractivity contribution >= 4 is 5.91 Å². The lowest BCUT2D eigenvalue weighted by Crippen LogP contribution is -2.55. The molecule has 39 heavy (non-hydrogen) atoms. The molecule has 2 aromatic carbocycles. The molecule has 1 amide bonds. The topological polar surface area (TPSA) is 50.8 Å². The van der Waals surface area contributed by atoms with Crippen LogP contribution in [0.3, 0.4) is 0 Å².